The first-order valence-corrected chi connectivity index (χ1v) is 19.2. The largest absolute Gasteiger partial charge is 0.268 e. The first kappa shape index (κ1) is 33.0. The van der Waals surface area contributed by atoms with Gasteiger partial charge in [0.1, 0.15) is 0 Å². The molecule has 6 nitrogen and oxygen atoms in total. The van der Waals surface area contributed by atoms with Gasteiger partial charge in [-0.3, -0.25) is 19.2 Å². The number of nitrogens with zero attached hydrogens (tertiary/aromatic N) is 2. The lowest BCUT2D eigenvalue weighted by Gasteiger charge is -2.31. The molecule has 2 aliphatic heterocycles. The van der Waals surface area contributed by atoms with Gasteiger partial charge in [0.05, 0.1) is 22.5 Å². The number of halogens is 2. The first-order chi connectivity index (χ1) is 25.0. The number of hydrogen-bond acceptors (Lipinski definition) is 4. The number of amides is 4. The summed E-state index contributed by atoms with van der Waals surface area (Å²) in [7, 11) is 0. The second-order valence-electron chi connectivity index (χ2n) is 14.1. The Balaban J connectivity index is 1.25. The SMILES string of the molecule is CCC(C)c1ccc(N2C(=O)c3ccc4c5c(Br)cc6c7c(ccc(c8c(Br)cc(c3c48)C2=O)c75)C(=O)N(c2ccc(C(C)CC)cc2)C6=O)cc1. The summed E-state index contributed by atoms with van der Waals surface area (Å²) in [4.78, 5) is 59.6. The van der Waals surface area contributed by atoms with E-state index in [1.165, 1.54) is 9.80 Å². The summed E-state index contributed by atoms with van der Waals surface area (Å²) in [5.74, 6) is -0.799. The zero-order chi connectivity index (χ0) is 36.3. The van der Waals surface area contributed by atoms with E-state index in [-0.39, 0.29) is 23.6 Å². The maximum absolute atomic E-state index is 14.3. The molecule has 0 aromatic heterocycles. The van der Waals surface area contributed by atoms with Crippen LogP contribution in [0.4, 0.5) is 11.4 Å². The van der Waals surface area contributed by atoms with Gasteiger partial charge < -0.3 is 0 Å². The summed E-state index contributed by atoms with van der Waals surface area (Å²) in [6, 6.07) is 26.4. The third-order valence-corrected chi connectivity index (χ3v) is 12.7. The average molecular weight is 813 g/mol. The third kappa shape index (κ3) is 4.40. The Kier molecular flexibility index (Phi) is 7.48. The topological polar surface area (TPSA) is 74.8 Å². The second kappa shape index (κ2) is 11.8. The van der Waals surface area contributed by atoms with Crippen molar-refractivity contribution in [3.05, 3.63) is 127 Å². The van der Waals surface area contributed by atoms with Gasteiger partial charge in [0.2, 0.25) is 0 Å². The van der Waals surface area contributed by atoms with Crippen molar-refractivity contribution in [3.8, 4) is 0 Å². The summed E-state index contributed by atoms with van der Waals surface area (Å²) in [5.41, 5.74) is 5.11. The van der Waals surface area contributed by atoms with Gasteiger partial charge in [0.25, 0.3) is 23.6 Å². The zero-order valence-electron chi connectivity index (χ0n) is 28.9. The number of carbonyl (C=O) groups excluding carboxylic acids is 4. The number of anilines is 2. The van der Waals surface area contributed by atoms with Gasteiger partial charge in [0, 0.05) is 52.4 Å². The lowest BCUT2D eigenvalue weighted by molar-refractivity contribution is 0.0877. The summed E-state index contributed by atoms with van der Waals surface area (Å²) in [5, 5.41) is 6.02. The molecular formula is C44H32Br2N2O4. The maximum Gasteiger partial charge on any atom is 0.266 e. The quantitative estimate of drug-likeness (QED) is 0.0952. The van der Waals surface area contributed by atoms with E-state index in [2.05, 4.69) is 59.6 Å². The summed E-state index contributed by atoms with van der Waals surface area (Å²) >= 11 is 7.63. The molecule has 7 aromatic rings. The number of hydrogen-bond donors (Lipinski definition) is 0. The van der Waals surface area contributed by atoms with E-state index in [0.29, 0.717) is 65.2 Å². The van der Waals surface area contributed by atoms with Crippen LogP contribution in [0.3, 0.4) is 0 Å². The maximum atomic E-state index is 14.3. The van der Waals surface area contributed by atoms with Crippen molar-refractivity contribution < 1.29 is 19.2 Å². The van der Waals surface area contributed by atoms with E-state index in [9.17, 15) is 19.2 Å². The highest BCUT2D eigenvalue weighted by molar-refractivity contribution is 9.11. The summed E-state index contributed by atoms with van der Waals surface area (Å²) < 4.78 is 1.37. The van der Waals surface area contributed by atoms with E-state index in [1.807, 2.05) is 60.7 Å². The average Bonchev–Trinajstić information content (AvgIpc) is 3.16. The van der Waals surface area contributed by atoms with Crippen LogP contribution in [-0.4, -0.2) is 23.6 Å². The van der Waals surface area contributed by atoms with E-state index in [4.69, 9.17) is 0 Å². The third-order valence-electron chi connectivity index (χ3n) is 11.4. The lowest BCUT2D eigenvalue weighted by Crippen LogP contribution is -2.40. The highest BCUT2D eigenvalue weighted by atomic mass is 79.9. The van der Waals surface area contributed by atoms with Gasteiger partial charge in [-0.2, -0.15) is 0 Å². The number of benzene rings is 7. The van der Waals surface area contributed by atoms with Crippen molar-refractivity contribution in [1.82, 2.24) is 0 Å². The predicted molar refractivity (Wildman–Crippen MR) is 216 cm³/mol. The fourth-order valence-corrected chi connectivity index (χ4v) is 9.49. The molecule has 0 saturated heterocycles. The van der Waals surface area contributed by atoms with Crippen molar-refractivity contribution in [3.63, 3.8) is 0 Å². The number of rotatable bonds is 6. The molecule has 2 aliphatic rings. The molecule has 2 heterocycles. The van der Waals surface area contributed by atoms with E-state index < -0.39 is 0 Å². The van der Waals surface area contributed by atoms with Crippen molar-refractivity contribution in [2.75, 3.05) is 9.80 Å². The fraction of sp³-hybridized carbons (Fsp3) is 0.182. The standard InChI is InChI=1S/C44H32Br2N2O4/c1-5-21(3)23-7-11-25(12-8-23)47-41(49)29-17-15-27-38-34(46)20-32-36-30(42(50)48(44(32)52)26-13-9-24(10-14-26)22(4)6-2)18-16-28(40(36)38)37-33(45)19-31(43(47)51)35(29)39(27)37/h7-22H,5-6H2,1-4H3. The van der Waals surface area contributed by atoms with Crippen LogP contribution in [0.25, 0.3) is 43.1 Å². The van der Waals surface area contributed by atoms with Gasteiger partial charge in [-0.15, -0.1) is 0 Å². The molecule has 52 heavy (non-hydrogen) atoms. The molecule has 7 aromatic carbocycles. The van der Waals surface area contributed by atoms with Crippen molar-refractivity contribution in [2.45, 2.75) is 52.4 Å². The predicted octanol–water partition coefficient (Wildman–Crippen LogP) is 11.9. The van der Waals surface area contributed by atoms with Crippen LogP contribution in [0.15, 0.2) is 93.9 Å². The Labute approximate surface area is 317 Å². The number of carbonyl (C=O) groups is 4. The Bertz CT molecular complexity index is 2550. The molecular weight excluding hydrogens is 780 g/mol. The lowest BCUT2D eigenvalue weighted by atomic mass is 9.82. The number of imide groups is 2. The highest BCUT2D eigenvalue weighted by Gasteiger charge is 2.39. The van der Waals surface area contributed by atoms with Crippen LogP contribution in [0, 0.1) is 0 Å². The molecule has 0 spiro atoms. The molecule has 256 valence electrons. The fourth-order valence-electron chi connectivity index (χ4n) is 8.21. The van der Waals surface area contributed by atoms with Crippen molar-refractivity contribution in [1.29, 1.82) is 0 Å². The van der Waals surface area contributed by atoms with Crippen molar-refractivity contribution in [2.24, 2.45) is 0 Å². The van der Waals surface area contributed by atoms with Crippen LogP contribution in [0.1, 0.15) is 105 Å². The smallest absolute Gasteiger partial charge is 0.266 e. The molecule has 0 radical (unpaired) electrons. The second-order valence-corrected chi connectivity index (χ2v) is 15.8. The molecule has 0 aliphatic carbocycles. The molecule has 0 bridgehead atoms. The minimum absolute atomic E-state index is 0.365. The Morgan fingerprint density at radius 3 is 1.15 bits per heavy atom. The van der Waals surface area contributed by atoms with Crippen LogP contribution < -0.4 is 9.80 Å². The minimum Gasteiger partial charge on any atom is -0.268 e. The summed E-state index contributed by atoms with van der Waals surface area (Å²) in [6.07, 6.45) is 1.98. The van der Waals surface area contributed by atoms with E-state index >= 15 is 0 Å². The van der Waals surface area contributed by atoms with Crippen LogP contribution in [0.5, 0.6) is 0 Å². The van der Waals surface area contributed by atoms with E-state index in [0.717, 1.165) is 56.3 Å². The van der Waals surface area contributed by atoms with Crippen LogP contribution in [0.2, 0.25) is 0 Å². The number of fused-ring (bicyclic) bond motifs is 2. The molecule has 2 unspecified atom stereocenters. The normalized spacial score (nSPS) is 15.6. The molecule has 0 fully saturated rings. The van der Waals surface area contributed by atoms with Crippen LogP contribution >= 0.6 is 31.9 Å². The summed E-state index contributed by atoms with van der Waals surface area (Å²) in [6.45, 7) is 8.58. The van der Waals surface area contributed by atoms with Gasteiger partial charge >= 0.3 is 0 Å². The van der Waals surface area contributed by atoms with Gasteiger partial charge in [0.15, 0.2) is 0 Å². The first-order valence-electron chi connectivity index (χ1n) is 17.6. The van der Waals surface area contributed by atoms with Crippen LogP contribution in [-0.2, 0) is 0 Å². The molecule has 2 atom stereocenters. The minimum atomic E-state index is -0.387. The Morgan fingerprint density at radius 2 is 0.808 bits per heavy atom. The van der Waals surface area contributed by atoms with E-state index in [1.54, 1.807) is 24.3 Å². The van der Waals surface area contributed by atoms with Crippen molar-refractivity contribution >= 4 is 110 Å². The van der Waals surface area contributed by atoms with Gasteiger partial charge in [-0.05, 0) is 95.1 Å². The Morgan fingerprint density at radius 1 is 0.462 bits per heavy atom. The molecule has 0 saturated carbocycles. The van der Waals surface area contributed by atoms with Gasteiger partial charge in [-0.1, -0.05) is 96.0 Å². The monoisotopic (exact) mass is 810 g/mol. The highest BCUT2D eigenvalue weighted by Crippen LogP contribution is 2.51. The zero-order valence-corrected chi connectivity index (χ0v) is 32.1. The Hall–Kier alpha value is -4.92. The molecule has 0 N–H and O–H groups in total. The van der Waals surface area contributed by atoms with Gasteiger partial charge in [-0.25, -0.2) is 9.80 Å². The molecule has 8 heteroatoms. The molecule has 4 amide bonds. The molecule has 9 rings (SSSR count).